The number of carboxylic acids is 1. The molecule has 14 heteroatoms. The lowest BCUT2D eigenvalue weighted by molar-refractivity contribution is -0.192. The number of sulfone groups is 1. The third-order valence-corrected chi connectivity index (χ3v) is 8.43. The number of alkyl halides is 3. The lowest BCUT2D eigenvalue weighted by Gasteiger charge is -2.33. The van der Waals surface area contributed by atoms with E-state index < -0.39 is 33.1 Å². The van der Waals surface area contributed by atoms with Gasteiger partial charge in [0.1, 0.15) is 11.3 Å². The minimum absolute atomic E-state index is 0.176. The summed E-state index contributed by atoms with van der Waals surface area (Å²) in [5.41, 5.74) is 2.41. The molecule has 2 N–H and O–H groups in total. The van der Waals surface area contributed by atoms with E-state index in [-0.39, 0.29) is 4.90 Å². The Kier molecular flexibility index (Phi) is 7.72. The number of hydrogen-bond donors (Lipinski definition) is 2. The molecular formula is C24H25F4N5O4S. The van der Waals surface area contributed by atoms with Gasteiger partial charge >= 0.3 is 12.1 Å². The first kappa shape index (κ1) is 27.5. The Hall–Kier alpha value is -3.55. The number of benzene rings is 1. The Labute approximate surface area is 215 Å². The third kappa shape index (κ3) is 6.47. The van der Waals surface area contributed by atoms with Gasteiger partial charge in [0.05, 0.1) is 21.9 Å². The summed E-state index contributed by atoms with van der Waals surface area (Å²) in [6, 6.07) is 7.42. The van der Waals surface area contributed by atoms with E-state index in [9.17, 15) is 26.0 Å². The SMILES string of the molecule is Cc1cc2nc(NC3CC3)c(N3CCC(S(=O)(=O)c4ccc(F)cc4)CC3)nc2cn1.O=C(O)C(F)(F)F. The fourth-order valence-corrected chi connectivity index (χ4v) is 5.72. The molecule has 2 aliphatic rings. The fraction of sp³-hybridized carbons (Fsp3) is 0.417. The molecule has 0 spiro atoms. The summed E-state index contributed by atoms with van der Waals surface area (Å²) < 4.78 is 70.9. The molecule has 38 heavy (non-hydrogen) atoms. The van der Waals surface area contributed by atoms with Crippen LogP contribution in [0.2, 0.25) is 0 Å². The first-order chi connectivity index (χ1) is 17.8. The molecular weight excluding hydrogens is 530 g/mol. The van der Waals surface area contributed by atoms with Crippen molar-refractivity contribution in [2.45, 2.75) is 55.0 Å². The first-order valence-electron chi connectivity index (χ1n) is 11.8. The van der Waals surface area contributed by atoms with Crippen LogP contribution in [-0.4, -0.2) is 65.0 Å². The van der Waals surface area contributed by atoms with Crippen LogP contribution in [0.3, 0.4) is 0 Å². The molecule has 3 aromatic rings. The molecule has 2 aromatic heterocycles. The zero-order valence-corrected chi connectivity index (χ0v) is 21.1. The maximum Gasteiger partial charge on any atom is 0.490 e. The zero-order chi connectivity index (χ0) is 27.7. The van der Waals surface area contributed by atoms with E-state index in [2.05, 4.69) is 15.2 Å². The molecule has 0 bridgehead atoms. The van der Waals surface area contributed by atoms with Crippen LogP contribution >= 0.6 is 0 Å². The number of rotatable bonds is 5. The summed E-state index contributed by atoms with van der Waals surface area (Å²) >= 11 is 0. The minimum Gasteiger partial charge on any atom is -0.475 e. The highest BCUT2D eigenvalue weighted by atomic mass is 32.2. The summed E-state index contributed by atoms with van der Waals surface area (Å²) in [6.45, 7) is 3.04. The van der Waals surface area contributed by atoms with Crippen molar-refractivity contribution in [2.24, 2.45) is 0 Å². The number of aliphatic carboxylic acids is 1. The van der Waals surface area contributed by atoms with Gasteiger partial charge in [0.15, 0.2) is 21.5 Å². The molecule has 1 aromatic carbocycles. The fourth-order valence-electron chi connectivity index (χ4n) is 3.98. The number of carboxylic acid groups (broad SMARTS) is 1. The Bertz CT molecular complexity index is 1420. The van der Waals surface area contributed by atoms with Crippen molar-refractivity contribution in [1.29, 1.82) is 0 Å². The first-order valence-corrected chi connectivity index (χ1v) is 13.3. The quantitative estimate of drug-likeness (QED) is 0.353. The van der Waals surface area contributed by atoms with Gasteiger partial charge in [-0.05, 0) is 62.9 Å². The topological polar surface area (TPSA) is 125 Å². The number of aromatic nitrogens is 3. The minimum atomic E-state index is -5.08. The normalized spacial score (nSPS) is 16.6. The van der Waals surface area contributed by atoms with Gasteiger partial charge in [0.25, 0.3) is 0 Å². The number of halogens is 4. The van der Waals surface area contributed by atoms with Gasteiger partial charge in [-0.3, -0.25) is 4.98 Å². The lowest BCUT2D eigenvalue weighted by atomic mass is 10.1. The standard InChI is InChI=1S/C22H24FN5O2S.C2HF3O2/c1-14-12-19-20(13-24-14)27-22(21(26-19)25-16-4-5-16)28-10-8-18(9-11-28)31(29,30)17-6-2-15(23)3-7-17;3-2(4,5)1(6)7/h2-3,6-7,12-13,16,18H,4-5,8-11H2,1H3,(H,25,26);(H,6,7). The maximum atomic E-state index is 13.2. The van der Waals surface area contributed by atoms with Crippen LogP contribution in [0.4, 0.5) is 29.2 Å². The molecule has 2 fully saturated rings. The number of aryl methyl sites for hydroxylation is 1. The molecule has 1 saturated heterocycles. The summed E-state index contributed by atoms with van der Waals surface area (Å²) in [4.78, 5) is 25.1. The molecule has 1 saturated carbocycles. The second-order valence-corrected chi connectivity index (χ2v) is 11.3. The monoisotopic (exact) mass is 555 g/mol. The maximum absolute atomic E-state index is 13.2. The van der Waals surface area contributed by atoms with Crippen molar-refractivity contribution in [3.8, 4) is 0 Å². The number of anilines is 2. The van der Waals surface area contributed by atoms with Crippen molar-refractivity contribution in [3.63, 3.8) is 0 Å². The molecule has 1 aliphatic carbocycles. The molecule has 0 atom stereocenters. The van der Waals surface area contributed by atoms with E-state index in [0.717, 1.165) is 41.2 Å². The highest BCUT2D eigenvalue weighted by Gasteiger charge is 2.38. The predicted molar refractivity (Wildman–Crippen MR) is 131 cm³/mol. The van der Waals surface area contributed by atoms with Crippen LogP contribution in [0.15, 0.2) is 41.4 Å². The van der Waals surface area contributed by atoms with Crippen molar-refractivity contribution >= 4 is 38.5 Å². The highest BCUT2D eigenvalue weighted by molar-refractivity contribution is 7.92. The van der Waals surface area contributed by atoms with Crippen LogP contribution in [0, 0.1) is 12.7 Å². The molecule has 5 rings (SSSR count). The summed E-state index contributed by atoms with van der Waals surface area (Å²) in [6.07, 6.45) is -0.157. The second-order valence-electron chi connectivity index (χ2n) is 9.12. The van der Waals surface area contributed by atoms with Gasteiger partial charge in [0.2, 0.25) is 0 Å². The summed E-state index contributed by atoms with van der Waals surface area (Å²) in [7, 11) is -3.50. The van der Waals surface area contributed by atoms with E-state index in [1.54, 1.807) is 6.20 Å². The van der Waals surface area contributed by atoms with Crippen molar-refractivity contribution in [2.75, 3.05) is 23.3 Å². The average molecular weight is 556 g/mol. The Morgan fingerprint density at radius 3 is 2.21 bits per heavy atom. The number of piperidine rings is 1. The number of nitrogens with one attached hydrogen (secondary N) is 1. The molecule has 1 aliphatic heterocycles. The molecule has 0 unspecified atom stereocenters. The third-order valence-electron chi connectivity index (χ3n) is 6.15. The van der Waals surface area contributed by atoms with Crippen LogP contribution in [0.5, 0.6) is 0 Å². The van der Waals surface area contributed by atoms with Crippen molar-refractivity contribution in [1.82, 2.24) is 15.0 Å². The van der Waals surface area contributed by atoms with E-state index in [1.807, 2.05) is 13.0 Å². The molecule has 3 heterocycles. The molecule has 204 valence electrons. The van der Waals surface area contributed by atoms with E-state index in [1.165, 1.54) is 24.3 Å². The lowest BCUT2D eigenvalue weighted by Crippen LogP contribution is -2.40. The van der Waals surface area contributed by atoms with Crippen LogP contribution in [-0.2, 0) is 14.6 Å². The smallest absolute Gasteiger partial charge is 0.475 e. The van der Waals surface area contributed by atoms with E-state index >= 15 is 0 Å². The van der Waals surface area contributed by atoms with Crippen LogP contribution < -0.4 is 10.2 Å². The molecule has 9 nitrogen and oxygen atoms in total. The van der Waals surface area contributed by atoms with Gasteiger partial charge in [-0.1, -0.05) is 0 Å². The Balaban J connectivity index is 0.000000426. The van der Waals surface area contributed by atoms with E-state index in [0.29, 0.717) is 32.0 Å². The highest BCUT2D eigenvalue weighted by Crippen LogP contribution is 2.33. The number of nitrogens with zero attached hydrogens (tertiary/aromatic N) is 4. The van der Waals surface area contributed by atoms with Crippen molar-refractivity contribution in [3.05, 3.63) is 48.0 Å². The summed E-state index contributed by atoms with van der Waals surface area (Å²) in [5, 5.41) is 10.1. The zero-order valence-electron chi connectivity index (χ0n) is 20.2. The number of carbonyl (C=O) groups is 1. The second kappa shape index (κ2) is 10.7. The average Bonchev–Trinajstić information content (AvgIpc) is 3.68. The van der Waals surface area contributed by atoms with Gasteiger partial charge < -0.3 is 15.3 Å². The Morgan fingerprint density at radius 2 is 1.66 bits per heavy atom. The number of hydrogen-bond acceptors (Lipinski definition) is 8. The predicted octanol–water partition coefficient (Wildman–Crippen LogP) is 4.12. The van der Waals surface area contributed by atoms with Gasteiger partial charge in [0, 0.05) is 24.8 Å². The van der Waals surface area contributed by atoms with Gasteiger partial charge in [-0.15, -0.1) is 0 Å². The van der Waals surface area contributed by atoms with E-state index in [4.69, 9.17) is 19.9 Å². The molecule has 0 radical (unpaired) electrons. The number of fused-ring (bicyclic) bond motifs is 1. The Morgan fingerprint density at radius 1 is 1.05 bits per heavy atom. The summed E-state index contributed by atoms with van der Waals surface area (Å²) in [5.74, 6) is -1.69. The van der Waals surface area contributed by atoms with Gasteiger partial charge in [-0.25, -0.2) is 27.6 Å². The number of pyridine rings is 1. The van der Waals surface area contributed by atoms with Crippen LogP contribution in [0.25, 0.3) is 11.0 Å². The van der Waals surface area contributed by atoms with Crippen molar-refractivity contribution < 1.29 is 35.9 Å². The van der Waals surface area contributed by atoms with Gasteiger partial charge in [-0.2, -0.15) is 13.2 Å². The molecule has 0 amide bonds. The largest absolute Gasteiger partial charge is 0.490 e. The van der Waals surface area contributed by atoms with Crippen LogP contribution in [0.1, 0.15) is 31.4 Å².